The molecule has 0 atom stereocenters. The van der Waals surface area contributed by atoms with Crippen LogP contribution in [-0.2, 0) is 13.0 Å². The van der Waals surface area contributed by atoms with Gasteiger partial charge >= 0.3 is 0 Å². The molecule has 1 aliphatic carbocycles. The van der Waals surface area contributed by atoms with Crippen LogP contribution in [0.25, 0.3) is 12.2 Å². The Morgan fingerprint density at radius 3 is 2.76 bits per heavy atom. The first-order valence-electron chi connectivity index (χ1n) is 10.3. The highest BCUT2D eigenvalue weighted by atomic mass is 32.2. The van der Waals surface area contributed by atoms with Crippen LogP contribution in [0.2, 0.25) is 0 Å². The van der Waals surface area contributed by atoms with Crippen molar-refractivity contribution in [2.24, 2.45) is 0 Å². The number of para-hydroxylation sites is 1. The third-order valence-electron chi connectivity index (χ3n) is 5.08. The maximum atomic E-state index is 2.41. The Bertz CT molecular complexity index is 1020. The van der Waals surface area contributed by atoms with Crippen molar-refractivity contribution in [3.05, 3.63) is 87.4 Å². The molecule has 0 radical (unpaired) electrons. The van der Waals surface area contributed by atoms with Gasteiger partial charge in [-0.05, 0) is 44.9 Å². The third kappa shape index (κ3) is 4.34. The van der Waals surface area contributed by atoms with E-state index in [1.54, 1.807) is 0 Å². The molecule has 0 amide bonds. The molecule has 4 heteroatoms. The summed E-state index contributed by atoms with van der Waals surface area (Å²) in [6, 6.07) is 8.61. The maximum Gasteiger partial charge on any atom is 0.262 e. The molecule has 4 rings (SSSR count). The number of fused-ring (bicyclic) bond motifs is 2. The molecule has 0 saturated carbocycles. The second-order valence-corrected chi connectivity index (χ2v) is 9.06. The molecular weight excluding hydrogens is 392 g/mol. The van der Waals surface area contributed by atoms with Gasteiger partial charge in [0.1, 0.15) is 6.54 Å². The molecule has 0 fully saturated rings. The minimum Gasteiger partial charge on any atom is -0.335 e. The maximum absolute atomic E-state index is 2.41. The average Bonchev–Trinajstić information content (AvgIpc) is 3.29. The fourth-order valence-electron chi connectivity index (χ4n) is 3.70. The first-order chi connectivity index (χ1) is 14.3. The topological polar surface area (TPSA) is 7.12 Å². The molecule has 2 aromatic rings. The van der Waals surface area contributed by atoms with E-state index in [0.29, 0.717) is 0 Å². The zero-order valence-electron chi connectivity index (χ0n) is 17.0. The molecule has 0 bridgehead atoms. The van der Waals surface area contributed by atoms with Gasteiger partial charge in [-0.3, -0.25) is 0 Å². The quantitative estimate of drug-likeness (QED) is 0.384. The van der Waals surface area contributed by atoms with Crippen LogP contribution in [0, 0.1) is 0 Å². The molecule has 2 nitrogen and oxygen atoms in total. The summed E-state index contributed by atoms with van der Waals surface area (Å²) < 4.78 is 2.41. The summed E-state index contributed by atoms with van der Waals surface area (Å²) in [5.74, 6) is 0. The number of rotatable bonds is 6. The van der Waals surface area contributed by atoms with Gasteiger partial charge in [-0.25, -0.2) is 0 Å². The van der Waals surface area contributed by atoms with Crippen LogP contribution >= 0.6 is 23.1 Å². The van der Waals surface area contributed by atoms with Gasteiger partial charge in [-0.1, -0.05) is 71.7 Å². The summed E-state index contributed by atoms with van der Waals surface area (Å²) >= 11 is 3.77. The molecule has 148 valence electrons. The van der Waals surface area contributed by atoms with E-state index in [0.717, 1.165) is 13.1 Å². The number of thiazole rings is 1. The number of aryl methyl sites for hydroxylation is 1. The van der Waals surface area contributed by atoms with Crippen LogP contribution in [0.1, 0.15) is 35.8 Å². The molecule has 0 saturated heterocycles. The van der Waals surface area contributed by atoms with Crippen LogP contribution in [0.4, 0.5) is 5.69 Å². The van der Waals surface area contributed by atoms with Crippen LogP contribution in [-0.4, -0.2) is 6.54 Å². The average molecular weight is 420 g/mol. The molecule has 29 heavy (non-hydrogen) atoms. The Morgan fingerprint density at radius 2 is 1.90 bits per heavy atom. The van der Waals surface area contributed by atoms with Crippen LogP contribution < -0.4 is 9.47 Å². The fourth-order valence-corrected chi connectivity index (χ4v) is 6.07. The summed E-state index contributed by atoms with van der Waals surface area (Å²) in [5.41, 5.74) is 2.71. The van der Waals surface area contributed by atoms with E-state index in [4.69, 9.17) is 0 Å². The van der Waals surface area contributed by atoms with Gasteiger partial charge in [0.05, 0.1) is 15.6 Å². The van der Waals surface area contributed by atoms with Crippen molar-refractivity contribution in [2.45, 2.75) is 38.1 Å². The number of benzene rings is 1. The first kappa shape index (κ1) is 20.0. The molecule has 1 aromatic heterocycles. The van der Waals surface area contributed by atoms with Crippen molar-refractivity contribution < 1.29 is 4.57 Å². The summed E-state index contributed by atoms with van der Waals surface area (Å²) in [5, 5.41) is 2.62. The Morgan fingerprint density at radius 1 is 1.07 bits per heavy atom. The molecule has 1 aliphatic heterocycles. The van der Waals surface area contributed by atoms with Crippen LogP contribution in [0.15, 0.2) is 76.7 Å². The Hall–Kier alpha value is -2.30. The first-order valence-corrected chi connectivity index (χ1v) is 11.9. The number of thioether (sulfide) groups is 1. The summed E-state index contributed by atoms with van der Waals surface area (Å²) in [6.07, 6.45) is 21.9. The predicted octanol–water partition coefficient (Wildman–Crippen LogP) is 6.61. The molecule has 1 aromatic carbocycles. The molecule has 0 unspecified atom stereocenters. The molecule has 2 heterocycles. The van der Waals surface area contributed by atoms with Gasteiger partial charge in [0.2, 0.25) is 5.69 Å². The van der Waals surface area contributed by atoms with Crippen molar-refractivity contribution >= 4 is 40.9 Å². The SMILES string of the molecule is CCN1/C(=C/C=C/C=C/C=C/c2sc3c([n+]2CC)C=CCC3)Sc2ccccc21. The standard InChI is InChI=1S/C25H27N2S2/c1-3-26-20-14-10-12-16-22(20)28-24(26)18-8-6-5-7-9-19-25-27(4-2)21-15-11-13-17-23(21)29-25/h5-12,14-16,18-19H,3-4,13,17H2,1-2H3/q+1. The molecule has 0 spiro atoms. The lowest BCUT2D eigenvalue weighted by Gasteiger charge is -2.17. The van der Waals surface area contributed by atoms with Crippen molar-refractivity contribution in [3.63, 3.8) is 0 Å². The highest BCUT2D eigenvalue weighted by molar-refractivity contribution is 8.03. The Labute approximate surface area is 182 Å². The monoisotopic (exact) mass is 419 g/mol. The van der Waals surface area contributed by atoms with Crippen LogP contribution in [0.5, 0.6) is 0 Å². The van der Waals surface area contributed by atoms with Crippen molar-refractivity contribution in [3.8, 4) is 0 Å². The van der Waals surface area contributed by atoms with Crippen molar-refractivity contribution in [1.29, 1.82) is 0 Å². The van der Waals surface area contributed by atoms with E-state index in [1.807, 2.05) is 23.1 Å². The molecule has 2 aliphatic rings. The Balaban J connectivity index is 1.39. The smallest absolute Gasteiger partial charge is 0.262 e. The van der Waals surface area contributed by atoms with E-state index in [2.05, 4.69) is 102 Å². The van der Waals surface area contributed by atoms with E-state index >= 15 is 0 Å². The molecular formula is C25H27N2S2+. The number of aromatic nitrogens is 1. The second kappa shape index (κ2) is 9.47. The lowest BCUT2D eigenvalue weighted by atomic mass is 10.1. The van der Waals surface area contributed by atoms with Gasteiger partial charge in [-0.15, -0.1) is 0 Å². The van der Waals surface area contributed by atoms with E-state index in [1.165, 1.54) is 44.0 Å². The Kier molecular flexibility index (Phi) is 6.53. The number of hydrogen-bond donors (Lipinski definition) is 0. The van der Waals surface area contributed by atoms with Crippen LogP contribution in [0.3, 0.4) is 0 Å². The zero-order valence-corrected chi connectivity index (χ0v) is 18.7. The fraction of sp³-hybridized carbons (Fsp3) is 0.240. The number of hydrogen-bond acceptors (Lipinski definition) is 3. The lowest BCUT2D eigenvalue weighted by molar-refractivity contribution is -0.692. The largest absolute Gasteiger partial charge is 0.335 e. The van der Waals surface area contributed by atoms with E-state index in [9.17, 15) is 0 Å². The van der Waals surface area contributed by atoms with Crippen molar-refractivity contribution in [1.82, 2.24) is 0 Å². The van der Waals surface area contributed by atoms with Gasteiger partial charge < -0.3 is 4.90 Å². The number of nitrogens with zero attached hydrogens (tertiary/aromatic N) is 2. The van der Waals surface area contributed by atoms with Gasteiger partial charge in [0.25, 0.3) is 5.01 Å². The van der Waals surface area contributed by atoms with Gasteiger partial charge in [0.15, 0.2) is 0 Å². The predicted molar refractivity (Wildman–Crippen MR) is 128 cm³/mol. The third-order valence-corrected chi connectivity index (χ3v) is 7.43. The van der Waals surface area contributed by atoms with Gasteiger partial charge in [0, 0.05) is 23.6 Å². The van der Waals surface area contributed by atoms with E-state index < -0.39 is 0 Å². The highest BCUT2D eigenvalue weighted by Crippen LogP contribution is 2.45. The highest BCUT2D eigenvalue weighted by Gasteiger charge is 2.23. The number of anilines is 1. The minimum atomic E-state index is 0.986. The van der Waals surface area contributed by atoms with Gasteiger partial charge in [-0.2, -0.15) is 4.57 Å². The summed E-state index contributed by atoms with van der Waals surface area (Å²) in [7, 11) is 0. The lowest BCUT2D eigenvalue weighted by Crippen LogP contribution is -2.36. The second-order valence-electron chi connectivity index (χ2n) is 6.88. The summed E-state index contributed by atoms with van der Waals surface area (Å²) in [6.45, 7) is 6.42. The normalized spacial score (nSPS) is 17.3. The summed E-state index contributed by atoms with van der Waals surface area (Å²) in [4.78, 5) is 5.22. The van der Waals surface area contributed by atoms with Crippen molar-refractivity contribution in [2.75, 3.05) is 11.4 Å². The molecule has 0 N–H and O–H groups in total. The van der Waals surface area contributed by atoms with E-state index in [-0.39, 0.29) is 0 Å². The zero-order chi connectivity index (χ0) is 20.1. The number of allylic oxidation sites excluding steroid dienone is 7. The minimum absolute atomic E-state index is 0.986.